The number of carbonyl (C=O) groups excluding carboxylic acids is 2. The van der Waals surface area contributed by atoms with Crippen molar-refractivity contribution in [2.24, 2.45) is 5.92 Å². The second-order valence-electron chi connectivity index (χ2n) is 6.13. The Balaban J connectivity index is 2.17. The number of sulfonamides is 1. The van der Waals surface area contributed by atoms with Crippen LogP contribution in [0.25, 0.3) is 0 Å². The molecule has 1 saturated heterocycles. The van der Waals surface area contributed by atoms with E-state index in [9.17, 15) is 18.0 Å². The van der Waals surface area contributed by atoms with E-state index >= 15 is 0 Å². The first kappa shape index (κ1) is 20.3. The second kappa shape index (κ2) is 9.11. The summed E-state index contributed by atoms with van der Waals surface area (Å²) in [5.41, 5.74) is -0.0699. The summed E-state index contributed by atoms with van der Waals surface area (Å²) in [5, 5.41) is 3.29. The molecule has 0 radical (unpaired) electrons. The molecule has 1 unspecified atom stereocenters. The molecule has 1 heterocycles. The highest BCUT2D eigenvalue weighted by Crippen LogP contribution is 2.18. The molecule has 0 spiro atoms. The normalized spacial score (nSPS) is 17.5. The minimum absolute atomic E-state index is 0.0349. The Morgan fingerprint density at radius 2 is 1.77 bits per heavy atom. The fourth-order valence-electron chi connectivity index (χ4n) is 2.88. The maximum Gasteiger partial charge on any atom is 0.337 e. The van der Waals surface area contributed by atoms with Crippen LogP contribution in [0.15, 0.2) is 23.1 Å². The first-order valence-electron chi connectivity index (χ1n) is 8.39. The maximum atomic E-state index is 12.6. The number of esters is 2. The van der Waals surface area contributed by atoms with Crippen LogP contribution in [0.2, 0.25) is 0 Å². The standard InChI is InChI=1S/C17H24N2O6S/c1-24-16(20)13-8-14(17(21)25-2)10-15(9-13)26(22,23)19-7-5-12-4-3-6-18-11-12/h8-10,12,18-19H,3-7,11H2,1-2H3. The van der Waals surface area contributed by atoms with Crippen molar-refractivity contribution in [3.8, 4) is 0 Å². The molecular weight excluding hydrogens is 360 g/mol. The highest BCUT2D eigenvalue weighted by molar-refractivity contribution is 7.89. The van der Waals surface area contributed by atoms with Gasteiger partial charge in [-0.15, -0.1) is 0 Å². The van der Waals surface area contributed by atoms with E-state index in [1.54, 1.807) is 0 Å². The number of nitrogens with one attached hydrogen (secondary N) is 2. The third-order valence-electron chi connectivity index (χ3n) is 4.30. The molecule has 1 aromatic rings. The van der Waals surface area contributed by atoms with Crippen LogP contribution in [-0.4, -0.2) is 54.2 Å². The fraction of sp³-hybridized carbons (Fsp3) is 0.529. The summed E-state index contributed by atoms with van der Waals surface area (Å²) in [5.74, 6) is -1.04. The average molecular weight is 384 g/mol. The SMILES string of the molecule is COC(=O)c1cc(C(=O)OC)cc(S(=O)(=O)NCCC2CCCNC2)c1. The van der Waals surface area contributed by atoms with Crippen LogP contribution in [-0.2, 0) is 19.5 Å². The van der Waals surface area contributed by atoms with E-state index in [1.165, 1.54) is 32.4 Å². The molecule has 0 aromatic heterocycles. The topological polar surface area (TPSA) is 111 Å². The van der Waals surface area contributed by atoms with Gasteiger partial charge in [-0.1, -0.05) is 0 Å². The van der Waals surface area contributed by atoms with Gasteiger partial charge in [0.2, 0.25) is 10.0 Å². The van der Waals surface area contributed by atoms with Gasteiger partial charge in [-0.2, -0.15) is 0 Å². The van der Waals surface area contributed by atoms with Crippen LogP contribution >= 0.6 is 0 Å². The third kappa shape index (κ3) is 5.26. The van der Waals surface area contributed by atoms with Crippen LogP contribution in [0, 0.1) is 5.92 Å². The van der Waals surface area contributed by atoms with Crippen molar-refractivity contribution in [1.29, 1.82) is 0 Å². The zero-order valence-electron chi connectivity index (χ0n) is 14.9. The Hall–Kier alpha value is -1.97. The van der Waals surface area contributed by atoms with Crippen molar-refractivity contribution in [3.63, 3.8) is 0 Å². The van der Waals surface area contributed by atoms with Gasteiger partial charge >= 0.3 is 11.9 Å². The van der Waals surface area contributed by atoms with Gasteiger partial charge < -0.3 is 14.8 Å². The Morgan fingerprint density at radius 3 is 2.27 bits per heavy atom. The fourth-order valence-corrected chi connectivity index (χ4v) is 3.99. The molecule has 1 aliphatic heterocycles. The number of benzene rings is 1. The van der Waals surface area contributed by atoms with Crippen molar-refractivity contribution in [1.82, 2.24) is 10.0 Å². The van der Waals surface area contributed by atoms with Crippen molar-refractivity contribution < 1.29 is 27.5 Å². The van der Waals surface area contributed by atoms with E-state index in [0.29, 0.717) is 12.3 Å². The third-order valence-corrected chi connectivity index (χ3v) is 5.74. The molecule has 0 saturated carbocycles. The minimum Gasteiger partial charge on any atom is -0.465 e. The van der Waals surface area contributed by atoms with Crippen molar-refractivity contribution in [3.05, 3.63) is 29.3 Å². The van der Waals surface area contributed by atoms with Crippen molar-refractivity contribution >= 4 is 22.0 Å². The van der Waals surface area contributed by atoms with E-state index in [-0.39, 0.29) is 22.6 Å². The lowest BCUT2D eigenvalue weighted by Crippen LogP contribution is -2.33. The van der Waals surface area contributed by atoms with Crippen LogP contribution < -0.4 is 10.0 Å². The summed E-state index contributed by atoms with van der Waals surface area (Å²) in [4.78, 5) is 23.4. The van der Waals surface area contributed by atoms with E-state index in [0.717, 1.165) is 25.9 Å². The van der Waals surface area contributed by atoms with Crippen LogP contribution in [0.1, 0.15) is 40.0 Å². The molecule has 0 bridgehead atoms. The molecule has 9 heteroatoms. The smallest absolute Gasteiger partial charge is 0.337 e. The summed E-state index contributed by atoms with van der Waals surface area (Å²) in [6, 6.07) is 3.61. The number of methoxy groups -OCH3 is 2. The zero-order chi connectivity index (χ0) is 19.2. The summed E-state index contributed by atoms with van der Waals surface area (Å²) >= 11 is 0. The highest BCUT2D eigenvalue weighted by atomic mass is 32.2. The van der Waals surface area contributed by atoms with E-state index in [4.69, 9.17) is 0 Å². The molecule has 1 atom stereocenters. The Morgan fingerprint density at radius 1 is 1.15 bits per heavy atom. The Labute approximate surface area is 153 Å². The largest absolute Gasteiger partial charge is 0.465 e. The molecule has 1 fully saturated rings. The number of rotatable bonds is 7. The molecule has 144 valence electrons. The van der Waals surface area contributed by atoms with Gasteiger partial charge in [-0.05, 0) is 56.5 Å². The second-order valence-corrected chi connectivity index (χ2v) is 7.90. The lowest BCUT2D eigenvalue weighted by atomic mass is 9.96. The summed E-state index contributed by atoms with van der Waals surface area (Å²) in [6.45, 7) is 2.16. The first-order valence-corrected chi connectivity index (χ1v) is 9.88. The first-order chi connectivity index (χ1) is 12.4. The van der Waals surface area contributed by atoms with Gasteiger partial charge in [0.1, 0.15) is 0 Å². The van der Waals surface area contributed by atoms with Gasteiger partial charge in [0.25, 0.3) is 0 Å². The molecule has 0 amide bonds. The lowest BCUT2D eigenvalue weighted by Gasteiger charge is -2.22. The summed E-state index contributed by atoms with van der Waals surface area (Å²) in [6.07, 6.45) is 2.87. The van der Waals surface area contributed by atoms with Gasteiger partial charge in [0.05, 0.1) is 30.2 Å². The monoisotopic (exact) mass is 384 g/mol. The average Bonchev–Trinajstić information content (AvgIpc) is 2.67. The molecule has 1 aromatic carbocycles. The maximum absolute atomic E-state index is 12.6. The van der Waals surface area contributed by atoms with Gasteiger partial charge in [-0.3, -0.25) is 0 Å². The predicted octanol–water partition coefficient (Wildman–Crippen LogP) is 0.928. The van der Waals surface area contributed by atoms with Crippen molar-refractivity contribution in [2.75, 3.05) is 33.9 Å². The number of carbonyl (C=O) groups is 2. The minimum atomic E-state index is -3.88. The summed E-state index contributed by atoms with van der Waals surface area (Å²) in [7, 11) is -1.52. The molecule has 0 aliphatic carbocycles. The van der Waals surface area contributed by atoms with Gasteiger partial charge in [0, 0.05) is 6.54 Å². The van der Waals surface area contributed by atoms with E-state index in [2.05, 4.69) is 19.5 Å². The van der Waals surface area contributed by atoms with Crippen LogP contribution in [0.3, 0.4) is 0 Å². The molecular formula is C17H24N2O6S. The molecule has 2 rings (SSSR count). The number of hydrogen-bond donors (Lipinski definition) is 2. The quantitative estimate of drug-likeness (QED) is 0.673. The molecule has 26 heavy (non-hydrogen) atoms. The van der Waals surface area contributed by atoms with Gasteiger partial charge in [0.15, 0.2) is 0 Å². The number of hydrogen-bond acceptors (Lipinski definition) is 7. The molecule has 2 N–H and O–H groups in total. The highest BCUT2D eigenvalue weighted by Gasteiger charge is 2.21. The summed E-state index contributed by atoms with van der Waals surface area (Å²) < 4.78 is 36.9. The zero-order valence-corrected chi connectivity index (χ0v) is 15.7. The predicted molar refractivity (Wildman–Crippen MR) is 94.5 cm³/mol. The molecule has 8 nitrogen and oxygen atoms in total. The number of piperidine rings is 1. The van der Waals surface area contributed by atoms with E-state index < -0.39 is 22.0 Å². The van der Waals surface area contributed by atoms with Crippen LogP contribution in [0.4, 0.5) is 0 Å². The van der Waals surface area contributed by atoms with Gasteiger partial charge in [-0.25, -0.2) is 22.7 Å². The van der Waals surface area contributed by atoms with E-state index in [1.807, 2.05) is 0 Å². The lowest BCUT2D eigenvalue weighted by molar-refractivity contribution is 0.0598. The number of ether oxygens (including phenoxy) is 2. The molecule has 1 aliphatic rings. The Kier molecular flexibility index (Phi) is 7.13. The van der Waals surface area contributed by atoms with Crippen molar-refractivity contribution in [2.45, 2.75) is 24.2 Å². The Bertz CT molecular complexity index is 722. The van der Waals surface area contributed by atoms with Crippen LogP contribution in [0.5, 0.6) is 0 Å².